The van der Waals surface area contributed by atoms with E-state index in [1.165, 1.54) is 30.2 Å². The number of pyridine rings is 1. The number of fused-ring (bicyclic) bond motifs is 1. The summed E-state index contributed by atoms with van der Waals surface area (Å²) in [4.78, 5) is 24.4. The normalized spacial score (nSPS) is 9.40. The van der Waals surface area contributed by atoms with Gasteiger partial charge in [-0.25, -0.2) is 0 Å². The molecule has 0 atom stereocenters. The van der Waals surface area contributed by atoms with Gasteiger partial charge in [-0.15, -0.1) is 0 Å². The minimum Gasteiger partial charge on any atom is -0.334 e. The van der Waals surface area contributed by atoms with Crippen LogP contribution in [0.5, 0.6) is 0 Å². The van der Waals surface area contributed by atoms with Gasteiger partial charge in [-0.1, -0.05) is 42.5 Å². The number of hydrogen-bond donors (Lipinski definition) is 0. The molecule has 0 aliphatic rings. The zero-order valence-corrected chi connectivity index (χ0v) is 17.8. The molecule has 0 amide bonds. The Kier molecular flexibility index (Phi) is 8.70. The van der Waals surface area contributed by atoms with Gasteiger partial charge in [-0.2, -0.15) is 0 Å². The van der Waals surface area contributed by atoms with Crippen molar-refractivity contribution >= 4 is 38.3 Å². The molecule has 0 aliphatic heterocycles. The van der Waals surface area contributed by atoms with Crippen LogP contribution >= 0.6 is 15.9 Å². The molecule has 25 heavy (non-hydrogen) atoms. The van der Waals surface area contributed by atoms with Crippen molar-refractivity contribution in [1.82, 2.24) is 4.98 Å². The van der Waals surface area contributed by atoms with E-state index in [-0.39, 0.29) is 31.7 Å². The predicted octanol–water partition coefficient (Wildman–Crippen LogP) is 5.03. The summed E-state index contributed by atoms with van der Waals surface area (Å²) in [7, 11) is 0. The van der Waals surface area contributed by atoms with E-state index >= 15 is 0 Å². The Morgan fingerprint density at radius 3 is 2.12 bits per heavy atom. The molecule has 0 spiro atoms. The van der Waals surface area contributed by atoms with E-state index < -0.39 is 0 Å². The number of halogens is 1. The zero-order valence-electron chi connectivity index (χ0n) is 13.8. The predicted molar refractivity (Wildman–Crippen MR) is 101 cm³/mol. The Balaban J connectivity index is 0.000000339. The second-order valence-corrected chi connectivity index (χ2v) is 6.17. The summed E-state index contributed by atoms with van der Waals surface area (Å²) in [6, 6.07) is 18.7. The summed E-state index contributed by atoms with van der Waals surface area (Å²) >= 11 is 3.41. The molecule has 0 unspecified atom stereocenters. The van der Waals surface area contributed by atoms with Gasteiger partial charge in [-0.05, 0) is 52.7 Å². The van der Waals surface area contributed by atoms with Crippen molar-refractivity contribution in [2.75, 3.05) is 0 Å². The fourth-order valence-electron chi connectivity index (χ4n) is 2.27. The first-order valence-electron chi connectivity index (χ1n) is 7.43. The first-order valence-corrected chi connectivity index (χ1v) is 8.22. The Morgan fingerprint density at radius 2 is 1.56 bits per heavy atom. The first-order chi connectivity index (χ1) is 11.5. The van der Waals surface area contributed by atoms with E-state index in [0.717, 1.165) is 16.6 Å². The molecule has 0 fully saturated rings. The van der Waals surface area contributed by atoms with E-state index in [2.05, 4.69) is 63.4 Å². The second-order valence-electron chi connectivity index (χ2n) is 5.25. The third kappa shape index (κ3) is 6.54. The molecular formula is C20H17BrIrNO2-. The third-order valence-electron chi connectivity index (χ3n) is 3.20. The zero-order chi connectivity index (χ0) is 17.5. The van der Waals surface area contributed by atoms with Crippen molar-refractivity contribution in [1.29, 1.82) is 0 Å². The average Bonchev–Trinajstić information content (AvgIpc) is 2.54. The van der Waals surface area contributed by atoms with Gasteiger partial charge < -0.3 is 9.59 Å². The average molecular weight is 575 g/mol. The van der Waals surface area contributed by atoms with Gasteiger partial charge in [0.15, 0.2) is 0 Å². The number of aromatic nitrogens is 1. The molecular weight excluding hydrogens is 558 g/mol. The molecule has 1 aromatic heterocycles. The van der Waals surface area contributed by atoms with Crippen LogP contribution in [0.15, 0.2) is 65.3 Å². The van der Waals surface area contributed by atoms with Gasteiger partial charge >= 0.3 is 0 Å². The van der Waals surface area contributed by atoms with Crippen LogP contribution in [0.1, 0.15) is 13.8 Å². The van der Waals surface area contributed by atoms with Crippen LogP contribution in [0, 0.1) is 6.42 Å². The van der Waals surface area contributed by atoms with Gasteiger partial charge in [0.05, 0.1) is 5.69 Å². The smallest absolute Gasteiger partial charge is 0.0709 e. The van der Waals surface area contributed by atoms with Crippen molar-refractivity contribution < 1.29 is 29.7 Å². The molecule has 1 heterocycles. The van der Waals surface area contributed by atoms with Gasteiger partial charge in [0.25, 0.3) is 0 Å². The summed E-state index contributed by atoms with van der Waals surface area (Å²) < 4.78 is 1.00. The number of benzene rings is 2. The third-order valence-corrected chi connectivity index (χ3v) is 3.67. The fourth-order valence-corrected chi connectivity index (χ4v) is 2.50. The summed E-state index contributed by atoms with van der Waals surface area (Å²) in [6.07, 6.45) is 2.89. The van der Waals surface area contributed by atoms with Crippen molar-refractivity contribution in [3.8, 4) is 11.3 Å². The van der Waals surface area contributed by atoms with Crippen LogP contribution in [-0.4, -0.2) is 16.6 Å². The first kappa shape index (κ1) is 21.2. The standard InChI is InChI=1S/C15H10BrN.C5H7O2.Ir/c16-12-8-9-15(17-10-12)14-7-3-5-11-4-1-2-6-13(11)14;1-4(6)3-5(2)7;/h1-10H;3H,1-2H3;/q;-1;. The van der Waals surface area contributed by atoms with E-state index in [1.54, 1.807) is 0 Å². The molecule has 3 rings (SSSR count). The minimum atomic E-state index is -0.187. The molecule has 0 saturated carbocycles. The fraction of sp³-hybridized carbons (Fsp3) is 0.100. The molecule has 0 bridgehead atoms. The van der Waals surface area contributed by atoms with Gasteiger partial charge in [0.2, 0.25) is 0 Å². The quantitative estimate of drug-likeness (QED) is 0.325. The van der Waals surface area contributed by atoms with E-state index in [0.29, 0.717) is 0 Å². The second kappa shape index (κ2) is 10.2. The molecule has 5 heteroatoms. The summed E-state index contributed by atoms with van der Waals surface area (Å²) in [6.45, 7) is 2.70. The number of nitrogens with zero attached hydrogens (tertiary/aromatic N) is 1. The van der Waals surface area contributed by atoms with Crippen LogP contribution in [0.25, 0.3) is 22.0 Å². The maximum atomic E-state index is 9.98. The summed E-state index contributed by atoms with van der Waals surface area (Å²) in [5.41, 5.74) is 2.18. The SMILES string of the molecule is Brc1ccc(-c2cccc3ccccc23)nc1.CC(=O)[CH-]C(C)=O.[Ir]. The minimum absolute atomic E-state index is 0. The van der Waals surface area contributed by atoms with Crippen LogP contribution < -0.4 is 0 Å². The van der Waals surface area contributed by atoms with Crippen molar-refractivity contribution in [2.45, 2.75) is 13.8 Å². The molecule has 3 nitrogen and oxygen atoms in total. The van der Waals surface area contributed by atoms with E-state index in [1.807, 2.05) is 18.3 Å². The van der Waals surface area contributed by atoms with Crippen LogP contribution in [0.3, 0.4) is 0 Å². The molecule has 0 N–H and O–H groups in total. The van der Waals surface area contributed by atoms with E-state index in [9.17, 15) is 9.59 Å². The van der Waals surface area contributed by atoms with Gasteiger partial charge in [0.1, 0.15) is 0 Å². The van der Waals surface area contributed by atoms with E-state index in [4.69, 9.17) is 0 Å². The largest absolute Gasteiger partial charge is 0.334 e. The molecule has 0 saturated heterocycles. The molecule has 1 radical (unpaired) electrons. The molecule has 3 aromatic rings. The van der Waals surface area contributed by atoms with Crippen molar-refractivity contribution in [3.05, 3.63) is 71.7 Å². The summed E-state index contributed by atoms with van der Waals surface area (Å²) in [5, 5.41) is 2.49. The maximum absolute atomic E-state index is 9.98. The monoisotopic (exact) mass is 575 g/mol. The topological polar surface area (TPSA) is 47.0 Å². The number of ketones is 2. The number of carbonyl (C=O) groups is 2. The Labute approximate surface area is 169 Å². The number of carbonyl (C=O) groups excluding carboxylic acids is 2. The molecule has 0 aliphatic carbocycles. The maximum Gasteiger partial charge on any atom is 0.0709 e. The Hall–Kier alpha value is -1.81. The van der Waals surface area contributed by atoms with Gasteiger partial charge in [-0.3, -0.25) is 11.4 Å². The van der Waals surface area contributed by atoms with Gasteiger partial charge in [0, 0.05) is 47.9 Å². The molecule has 2 aromatic carbocycles. The summed E-state index contributed by atoms with van der Waals surface area (Å²) in [5.74, 6) is -0.375. The number of hydrogen-bond acceptors (Lipinski definition) is 3. The van der Waals surface area contributed by atoms with Crippen molar-refractivity contribution in [2.24, 2.45) is 0 Å². The van der Waals surface area contributed by atoms with Crippen molar-refractivity contribution in [3.63, 3.8) is 0 Å². The Morgan fingerprint density at radius 1 is 0.920 bits per heavy atom. The number of Topliss-reactive ketones (excluding diaryl/α,β-unsaturated/α-hetero) is 2. The Bertz CT molecular complexity index is 846. The molecule has 131 valence electrons. The van der Waals surface area contributed by atoms with Crippen LogP contribution in [-0.2, 0) is 29.7 Å². The van der Waals surface area contributed by atoms with Crippen LogP contribution in [0.4, 0.5) is 0 Å². The van der Waals surface area contributed by atoms with Crippen LogP contribution in [0.2, 0.25) is 0 Å². The number of rotatable bonds is 3.